The number of rotatable bonds is 39. The number of hydrogen-bond acceptors (Lipinski definition) is 12. The van der Waals surface area contributed by atoms with Gasteiger partial charge < -0.3 is 52.1 Å². The van der Waals surface area contributed by atoms with Crippen LogP contribution in [0.1, 0.15) is 65.2 Å². The van der Waals surface area contributed by atoms with Crippen LogP contribution in [0.3, 0.4) is 0 Å². The zero-order valence-electron chi connectivity index (χ0n) is 27.9. The first-order valence-corrected chi connectivity index (χ1v) is 16.7. The highest BCUT2D eigenvalue weighted by Gasteiger charge is 2.02. The van der Waals surface area contributed by atoms with Gasteiger partial charge in [-0.25, -0.2) is 0 Å². The third-order valence-corrected chi connectivity index (χ3v) is 6.03. The van der Waals surface area contributed by atoms with E-state index in [4.69, 9.17) is 52.1 Å². The van der Waals surface area contributed by atoms with Crippen molar-refractivity contribution in [3.05, 3.63) is 0 Å². The van der Waals surface area contributed by atoms with Gasteiger partial charge in [-0.05, 0) is 13.3 Å². The number of ether oxygens (including phenoxy) is 11. The summed E-state index contributed by atoms with van der Waals surface area (Å²) < 4.78 is 59.4. The van der Waals surface area contributed by atoms with E-state index in [9.17, 15) is 4.79 Å². The quantitative estimate of drug-likeness (QED) is 0.0717. The maximum absolute atomic E-state index is 11.7. The Labute approximate surface area is 266 Å². The summed E-state index contributed by atoms with van der Waals surface area (Å²) in [5.41, 5.74) is 0. The van der Waals surface area contributed by atoms with Crippen molar-refractivity contribution in [1.29, 1.82) is 0 Å². The highest BCUT2D eigenvalue weighted by molar-refractivity contribution is 5.69. The van der Waals surface area contributed by atoms with Gasteiger partial charge in [-0.15, -0.1) is 0 Å². The Morgan fingerprint density at radius 3 is 0.932 bits per heavy atom. The zero-order valence-corrected chi connectivity index (χ0v) is 27.9. The van der Waals surface area contributed by atoms with Crippen molar-refractivity contribution in [3.8, 4) is 0 Å². The number of carbonyl (C=O) groups excluding carboxylic acids is 1. The first kappa shape index (κ1) is 43.1. The average Bonchev–Trinajstić information content (AvgIpc) is 3.03. The van der Waals surface area contributed by atoms with Gasteiger partial charge in [0.05, 0.1) is 126 Å². The molecule has 0 N–H and O–H groups in total. The first-order chi connectivity index (χ1) is 21.8. The molecule has 0 bridgehead atoms. The predicted molar refractivity (Wildman–Crippen MR) is 167 cm³/mol. The summed E-state index contributed by atoms with van der Waals surface area (Å²) in [4.78, 5) is 11.7. The van der Waals surface area contributed by atoms with E-state index < -0.39 is 0 Å². The summed E-state index contributed by atoms with van der Waals surface area (Å²) in [6, 6.07) is 0. The van der Waals surface area contributed by atoms with E-state index >= 15 is 0 Å². The molecule has 0 aromatic carbocycles. The van der Waals surface area contributed by atoms with Crippen molar-refractivity contribution >= 4 is 5.97 Å². The molecule has 264 valence electrons. The standard InChI is InChI=1S/C32H64O12/c1-3-5-6-7-8-9-10-11-32(33)44-31-30-43-29-28-42-27-26-41-25-24-40-23-22-39-21-20-38-19-18-37-17-16-36-15-14-35-13-12-34-4-2/h3-31H2,1-2H3. The molecule has 0 fully saturated rings. The van der Waals surface area contributed by atoms with Crippen molar-refractivity contribution in [2.24, 2.45) is 0 Å². The Balaban J connectivity index is 3.09. The van der Waals surface area contributed by atoms with Crippen LogP contribution in [0.2, 0.25) is 0 Å². The second kappa shape index (κ2) is 40.1. The highest BCUT2D eigenvalue weighted by Crippen LogP contribution is 2.08. The fraction of sp³-hybridized carbons (Fsp3) is 0.969. The molecule has 0 aromatic rings. The van der Waals surface area contributed by atoms with E-state index in [-0.39, 0.29) is 12.6 Å². The third-order valence-electron chi connectivity index (χ3n) is 6.03. The van der Waals surface area contributed by atoms with Crippen molar-refractivity contribution < 1.29 is 56.9 Å². The number of esters is 1. The van der Waals surface area contributed by atoms with Gasteiger partial charge in [0.25, 0.3) is 0 Å². The topological polar surface area (TPSA) is 119 Å². The molecule has 0 saturated carbocycles. The van der Waals surface area contributed by atoms with Gasteiger partial charge in [0.1, 0.15) is 6.61 Å². The zero-order chi connectivity index (χ0) is 31.9. The van der Waals surface area contributed by atoms with E-state index in [1.807, 2.05) is 6.92 Å². The Hall–Kier alpha value is -0.930. The normalized spacial score (nSPS) is 11.4. The maximum Gasteiger partial charge on any atom is 0.305 e. The van der Waals surface area contributed by atoms with Crippen LogP contribution in [-0.2, 0) is 56.9 Å². The molecule has 0 spiro atoms. The summed E-state index contributed by atoms with van der Waals surface area (Å²) in [5.74, 6) is -0.139. The van der Waals surface area contributed by atoms with E-state index in [1.54, 1.807) is 0 Å². The van der Waals surface area contributed by atoms with Crippen LogP contribution in [0.15, 0.2) is 0 Å². The minimum Gasteiger partial charge on any atom is -0.463 e. The molecular formula is C32H64O12. The van der Waals surface area contributed by atoms with Gasteiger partial charge >= 0.3 is 5.97 Å². The van der Waals surface area contributed by atoms with Crippen molar-refractivity contribution in [2.75, 3.05) is 139 Å². The van der Waals surface area contributed by atoms with Crippen molar-refractivity contribution in [1.82, 2.24) is 0 Å². The molecule has 12 nitrogen and oxygen atoms in total. The van der Waals surface area contributed by atoms with Crippen LogP contribution in [-0.4, -0.2) is 145 Å². The minimum atomic E-state index is -0.139. The molecular weight excluding hydrogens is 576 g/mol. The molecule has 0 heterocycles. The first-order valence-electron chi connectivity index (χ1n) is 16.7. The van der Waals surface area contributed by atoms with E-state index in [0.29, 0.717) is 139 Å². The second-order valence-electron chi connectivity index (χ2n) is 9.80. The molecule has 0 saturated heterocycles. The van der Waals surface area contributed by atoms with E-state index in [1.165, 1.54) is 32.1 Å². The number of hydrogen-bond donors (Lipinski definition) is 0. The summed E-state index contributed by atoms with van der Waals surface area (Å²) in [6.07, 6.45) is 8.81. The Morgan fingerprint density at radius 2 is 0.614 bits per heavy atom. The highest BCUT2D eigenvalue weighted by atomic mass is 16.6. The predicted octanol–water partition coefficient (Wildman–Crippen LogP) is 3.86. The third kappa shape index (κ3) is 39.1. The van der Waals surface area contributed by atoms with Gasteiger partial charge in [-0.3, -0.25) is 4.79 Å². The summed E-state index contributed by atoms with van der Waals surface area (Å²) in [7, 11) is 0. The summed E-state index contributed by atoms with van der Waals surface area (Å²) >= 11 is 0. The lowest BCUT2D eigenvalue weighted by Gasteiger charge is -2.09. The molecule has 0 unspecified atom stereocenters. The van der Waals surface area contributed by atoms with E-state index in [0.717, 1.165) is 12.8 Å². The van der Waals surface area contributed by atoms with Crippen LogP contribution >= 0.6 is 0 Å². The van der Waals surface area contributed by atoms with Gasteiger partial charge in [-0.2, -0.15) is 0 Å². The Bertz CT molecular complexity index is 541. The Kier molecular flexibility index (Phi) is 39.2. The van der Waals surface area contributed by atoms with Crippen LogP contribution in [0.4, 0.5) is 0 Å². The molecule has 0 aliphatic heterocycles. The lowest BCUT2D eigenvalue weighted by molar-refractivity contribution is -0.145. The fourth-order valence-electron chi connectivity index (χ4n) is 3.64. The molecule has 44 heavy (non-hydrogen) atoms. The number of unbranched alkanes of at least 4 members (excludes halogenated alkanes) is 6. The lowest BCUT2D eigenvalue weighted by Crippen LogP contribution is -2.15. The molecule has 0 radical (unpaired) electrons. The fourth-order valence-corrected chi connectivity index (χ4v) is 3.64. The smallest absolute Gasteiger partial charge is 0.305 e. The Morgan fingerprint density at radius 1 is 0.341 bits per heavy atom. The van der Waals surface area contributed by atoms with Crippen LogP contribution < -0.4 is 0 Å². The lowest BCUT2D eigenvalue weighted by atomic mass is 10.1. The minimum absolute atomic E-state index is 0.139. The van der Waals surface area contributed by atoms with Gasteiger partial charge in [0, 0.05) is 13.0 Å². The summed E-state index contributed by atoms with van der Waals surface area (Å²) in [6.45, 7) is 14.9. The molecule has 0 amide bonds. The van der Waals surface area contributed by atoms with Crippen molar-refractivity contribution in [3.63, 3.8) is 0 Å². The van der Waals surface area contributed by atoms with Crippen LogP contribution in [0.25, 0.3) is 0 Å². The average molecular weight is 641 g/mol. The SMILES string of the molecule is CCCCCCCCCC(=O)OCCOCCOCCOCCOCCOCCOCCOCCOCCOCCOCC. The molecule has 0 rings (SSSR count). The van der Waals surface area contributed by atoms with Crippen LogP contribution in [0.5, 0.6) is 0 Å². The molecule has 0 aromatic heterocycles. The molecule has 0 aliphatic carbocycles. The molecule has 0 aliphatic rings. The largest absolute Gasteiger partial charge is 0.463 e. The number of carbonyl (C=O) groups is 1. The van der Waals surface area contributed by atoms with Gasteiger partial charge in [0.15, 0.2) is 0 Å². The molecule has 0 atom stereocenters. The summed E-state index contributed by atoms with van der Waals surface area (Å²) in [5, 5.41) is 0. The maximum atomic E-state index is 11.7. The molecule has 12 heteroatoms. The van der Waals surface area contributed by atoms with Crippen molar-refractivity contribution in [2.45, 2.75) is 65.2 Å². The second-order valence-corrected chi connectivity index (χ2v) is 9.80. The van der Waals surface area contributed by atoms with Crippen LogP contribution in [0, 0.1) is 0 Å². The monoisotopic (exact) mass is 640 g/mol. The van der Waals surface area contributed by atoms with Gasteiger partial charge in [0.2, 0.25) is 0 Å². The van der Waals surface area contributed by atoms with Gasteiger partial charge in [-0.1, -0.05) is 45.4 Å². The van der Waals surface area contributed by atoms with E-state index in [2.05, 4.69) is 6.92 Å².